The Labute approximate surface area is 307 Å². The van der Waals surface area contributed by atoms with Gasteiger partial charge in [0.05, 0.1) is 5.41 Å². The molecule has 0 amide bonds. The predicted octanol–water partition coefficient (Wildman–Crippen LogP) is 11.2. The van der Waals surface area contributed by atoms with Crippen molar-refractivity contribution in [3.8, 4) is 22.3 Å². The smallest absolute Gasteiger partial charge is 0.119 e. The van der Waals surface area contributed by atoms with E-state index >= 15 is 0 Å². The molecule has 2 heterocycles. The van der Waals surface area contributed by atoms with Crippen LogP contribution in [0, 0.1) is 13.8 Å². The van der Waals surface area contributed by atoms with Gasteiger partial charge < -0.3 is 0 Å². The molecule has 1 aliphatic carbocycles. The first-order chi connectivity index (χ1) is 25.6. The quantitative estimate of drug-likeness (QED) is 0.163. The first-order valence-corrected chi connectivity index (χ1v) is 18.4. The van der Waals surface area contributed by atoms with Gasteiger partial charge in [0.2, 0.25) is 0 Å². The number of benzene rings is 7. The Morgan fingerprint density at radius 3 is 1.63 bits per heavy atom. The van der Waals surface area contributed by atoms with E-state index in [9.17, 15) is 0 Å². The molecule has 7 aromatic carbocycles. The van der Waals surface area contributed by atoms with Crippen LogP contribution in [0.25, 0.3) is 22.3 Å². The molecule has 0 radical (unpaired) electrons. The topological polar surface area (TPSA) is 9.26 Å². The van der Waals surface area contributed by atoms with Crippen molar-refractivity contribution in [1.29, 1.82) is 0 Å². The van der Waals surface area contributed by atoms with E-state index in [1.54, 1.807) is 0 Å². The van der Waals surface area contributed by atoms with E-state index in [0.717, 1.165) is 0 Å². The maximum Gasteiger partial charge on any atom is 0.119 e. The second-order valence-electron chi connectivity index (χ2n) is 14.8. The van der Waals surface area contributed by atoms with E-state index in [2.05, 4.69) is 212 Å². The summed E-state index contributed by atoms with van der Waals surface area (Å²) in [5.41, 5.74) is 16.6. The van der Waals surface area contributed by atoms with Crippen LogP contribution in [0.15, 0.2) is 176 Å². The van der Waals surface area contributed by atoms with Crippen LogP contribution in [-0.4, -0.2) is 22.0 Å². The zero-order valence-corrected chi connectivity index (χ0v) is 29.8. The van der Waals surface area contributed by atoms with Gasteiger partial charge in [-0.1, -0.05) is 187 Å². The lowest BCUT2D eigenvalue weighted by Crippen LogP contribution is -2.31. The van der Waals surface area contributed by atoms with Gasteiger partial charge in [-0.2, -0.15) is 10.0 Å². The molecule has 0 aromatic heterocycles. The van der Waals surface area contributed by atoms with Gasteiger partial charge in [0, 0.05) is 0 Å². The molecule has 7 aromatic rings. The van der Waals surface area contributed by atoms with Crippen molar-refractivity contribution in [3.63, 3.8) is 0 Å². The average molecular weight is 672 g/mol. The van der Waals surface area contributed by atoms with Crippen LogP contribution in [0.5, 0.6) is 0 Å². The highest BCUT2D eigenvalue weighted by molar-refractivity contribution is 5.88. The molecule has 3 heteroatoms. The lowest BCUT2D eigenvalue weighted by Gasteiger charge is -2.34. The highest BCUT2D eigenvalue weighted by Crippen LogP contribution is 2.64. The standard InChI is InChI=1S/C49H41N3/c1-33-30-34(2)32-38(31-33)46-50(3)48(52-47(51(46)52)37-28-26-36(27-29-37)35-16-7-4-8-17-35)42-23-15-25-44-45(42)41-22-13-14-24-43(41)49(44,39-18-9-5-10-19-39)40-20-11-6-12-21-40/h4-32,46-48H,1-3H3. The SMILES string of the molecule is Cc1cc(C)cc(C2N(C)C(c3cccc4c3-c3ccccc3C4(c3ccccc3)c3ccccc3)N3C(c4ccc(-c5ccccc5)cc4)N23)c1. The molecule has 2 fully saturated rings. The van der Waals surface area contributed by atoms with E-state index in [-0.39, 0.29) is 18.5 Å². The zero-order chi connectivity index (χ0) is 35.0. The molecule has 5 unspecified atom stereocenters. The van der Waals surface area contributed by atoms with Gasteiger partial charge in [0.15, 0.2) is 0 Å². The van der Waals surface area contributed by atoms with Gasteiger partial charge in [-0.15, -0.1) is 0 Å². The van der Waals surface area contributed by atoms with Crippen molar-refractivity contribution in [2.24, 2.45) is 0 Å². The summed E-state index contributed by atoms with van der Waals surface area (Å²) in [6.45, 7) is 4.44. The minimum Gasteiger partial charge on any atom is -0.265 e. The molecule has 5 atom stereocenters. The average Bonchev–Trinajstić information content (AvgIpc) is 3.69. The normalized spacial score (nSPS) is 22.4. The Bertz CT molecular complexity index is 2360. The second-order valence-corrected chi connectivity index (χ2v) is 14.8. The molecule has 3 aliphatic rings. The highest BCUT2D eigenvalue weighted by Gasteiger charge is 2.64. The summed E-state index contributed by atoms with van der Waals surface area (Å²) >= 11 is 0. The van der Waals surface area contributed by atoms with Crippen molar-refractivity contribution in [3.05, 3.63) is 226 Å². The lowest BCUT2D eigenvalue weighted by atomic mass is 9.67. The minimum absolute atomic E-state index is 0.0370. The Morgan fingerprint density at radius 2 is 0.981 bits per heavy atom. The summed E-state index contributed by atoms with van der Waals surface area (Å²) in [4.78, 5) is 2.59. The van der Waals surface area contributed by atoms with Crippen LogP contribution in [0.3, 0.4) is 0 Å². The number of nitrogens with zero attached hydrogens (tertiary/aromatic N) is 3. The van der Waals surface area contributed by atoms with Crippen LogP contribution in [0.2, 0.25) is 0 Å². The fourth-order valence-corrected chi connectivity index (χ4v) is 9.65. The van der Waals surface area contributed by atoms with E-state index in [1.807, 2.05) is 0 Å². The van der Waals surface area contributed by atoms with Crippen LogP contribution in [0.4, 0.5) is 0 Å². The second kappa shape index (κ2) is 12.0. The first kappa shape index (κ1) is 31.2. The molecule has 0 bridgehead atoms. The molecular formula is C49H41N3. The molecule has 252 valence electrons. The molecule has 10 rings (SSSR count). The third-order valence-corrected chi connectivity index (χ3v) is 11.6. The Balaban J connectivity index is 1.16. The van der Waals surface area contributed by atoms with E-state index in [4.69, 9.17) is 0 Å². The maximum absolute atomic E-state index is 2.63. The van der Waals surface area contributed by atoms with E-state index < -0.39 is 5.41 Å². The maximum atomic E-state index is 2.63. The molecule has 2 saturated heterocycles. The van der Waals surface area contributed by atoms with Crippen LogP contribution >= 0.6 is 0 Å². The van der Waals surface area contributed by atoms with Crippen LogP contribution in [-0.2, 0) is 5.41 Å². The van der Waals surface area contributed by atoms with Crippen molar-refractivity contribution in [2.45, 2.75) is 37.8 Å². The summed E-state index contributed by atoms with van der Waals surface area (Å²) in [6, 6.07) is 65.4. The minimum atomic E-state index is -0.431. The van der Waals surface area contributed by atoms with Gasteiger partial charge >= 0.3 is 0 Å². The summed E-state index contributed by atoms with van der Waals surface area (Å²) in [5, 5.41) is 5.24. The molecule has 2 aliphatic heterocycles. The summed E-state index contributed by atoms with van der Waals surface area (Å²) < 4.78 is 0. The molecule has 0 saturated carbocycles. The fourth-order valence-electron chi connectivity index (χ4n) is 9.65. The number of aryl methyl sites for hydroxylation is 2. The van der Waals surface area contributed by atoms with Crippen molar-refractivity contribution in [2.75, 3.05) is 7.05 Å². The first-order valence-electron chi connectivity index (χ1n) is 18.4. The van der Waals surface area contributed by atoms with Crippen molar-refractivity contribution >= 4 is 0 Å². The number of hydrazine groups is 1. The number of hydrogen-bond donors (Lipinski definition) is 0. The fraction of sp³-hybridized carbons (Fsp3) is 0.143. The van der Waals surface area contributed by atoms with Gasteiger partial charge in [0.1, 0.15) is 18.5 Å². The van der Waals surface area contributed by atoms with Crippen LogP contribution < -0.4 is 0 Å². The zero-order valence-electron chi connectivity index (χ0n) is 29.8. The lowest BCUT2D eigenvalue weighted by molar-refractivity contribution is 0.144. The monoisotopic (exact) mass is 671 g/mol. The predicted molar refractivity (Wildman–Crippen MR) is 211 cm³/mol. The third kappa shape index (κ3) is 4.57. The Morgan fingerprint density at radius 1 is 0.442 bits per heavy atom. The van der Waals surface area contributed by atoms with E-state index in [0.29, 0.717) is 0 Å². The van der Waals surface area contributed by atoms with E-state index in [1.165, 1.54) is 72.3 Å². The van der Waals surface area contributed by atoms with Gasteiger partial charge in [-0.05, 0) is 82.1 Å². The number of fused-ring (bicyclic) bond motifs is 4. The largest absolute Gasteiger partial charge is 0.265 e. The summed E-state index contributed by atoms with van der Waals surface area (Å²) in [5.74, 6) is 0. The summed E-state index contributed by atoms with van der Waals surface area (Å²) in [7, 11) is 2.32. The van der Waals surface area contributed by atoms with Gasteiger partial charge in [-0.25, -0.2) is 0 Å². The Kier molecular flexibility index (Phi) is 7.20. The summed E-state index contributed by atoms with van der Waals surface area (Å²) in [6.07, 6.45) is 0.301. The van der Waals surface area contributed by atoms with Gasteiger partial charge in [0.25, 0.3) is 0 Å². The highest BCUT2D eigenvalue weighted by atomic mass is 16.0. The van der Waals surface area contributed by atoms with Crippen LogP contribution in [0.1, 0.15) is 68.6 Å². The van der Waals surface area contributed by atoms with Gasteiger partial charge in [-0.3, -0.25) is 4.90 Å². The molecule has 0 N–H and O–H groups in total. The third-order valence-electron chi connectivity index (χ3n) is 11.6. The molecule has 52 heavy (non-hydrogen) atoms. The number of hydrogen-bond acceptors (Lipinski definition) is 3. The van der Waals surface area contributed by atoms with Crippen molar-refractivity contribution < 1.29 is 0 Å². The molecular weight excluding hydrogens is 631 g/mol. The number of rotatable bonds is 6. The molecule has 3 nitrogen and oxygen atoms in total. The molecule has 0 spiro atoms. The Hall–Kier alpha value is -5.58. The van der Waals surface area contributed by atoms with Crippen molar-refractivity contribution in [1.82, 2.24) is 14.9 Å².